The van der Waals surface area contributed by atoms with Crippen LogP contribution in [0.15, 0.2) is 14.6 Å². The number of hydrogen-bond donors (Lipinski definition) is 1. The molecule has 3 heterocycles. The number of Topliss-reactive ketones (excluding diaryl/α,β-unsaturated/α-hetero) is 2. The van der Waals surface area contributed by atoms with Crippen LogP contribution in [0.4, 0.5) is 0 Å². The number of aromatic nitrogens is 5. The van der Waals surface area contributed by atoms with Gasteiger partial charge in [0.05, 0.1) is 11.4 Å². The molecule has 1 N–H and O–H groups in total. The van der Waals surface area contributed by atoms with Gasteiger partial charge in [0.25, 0.3) is 5.56 Å². The Balaban J connectivity index is 2.07. The molecule has 0 atom stereocenters. The molecule has 0 saturated heterocycles. The minimum Gasteiger partial charge on any atom is -0.355 e. The van der Waals surface area contributed by atoms with E-state index in [0.29, 0.717) is 39.9 Å². The van der Waals surface area contributed by atoms with Crippen LogP contribution in [-0.4, -0.2) is 41.4 Å². The Kier molecular flexibility index (Phi) is 6.54. The van der Waals surface area contributed by atoms with E-state index in [9.17, 15) is 19.2 Å². The van der Waals surface area contributed by atoms with Crippen molar-refractivity contribution in [3.8, 4) is 0 Å². The van der Waals surface area contributed by atoms with E-state index < -0.39 is 11.2 Å². The van der Waals surface area contributed by atoms with E-state index in [4.69, 9.17) is 0 Å². The quantitative estimate of drug-likeness (QED) is 0.329. The SMILES string of the molecule is CC(=O)c1c(C)[nH]c(C(=O)CSc2nc(C)nc3c2c(=O)n(C)c(=O)n3CC(C)C)c1C. The van der Waals surface area contributed by atoms with Gasteiger partial charge in [0.2, 0.25) is 0 Å². The number of hydrogen-bond acceptors (Lipinski definition) is 7. The fraction of sp³-hybridized carbons (Fsp3) is 0.455. The van der Waals surface area contributed by atoms with Gasteiger partial charge >= 0.3 is 5.69 Å². The number of nitrogens with zero attached hydrogens (tertiary/aromatic N) is 4. The Morgan fingerprint density at radius 1 is 1.12 bits per heavy atom. The van der Waals surface area contributed by atoms with Crippen molar-refractivity contribution in [2.75, 3.05) is 5.75 Å². The number of carbonyl (C=O) groups is 2. The summed E-state index contributed by atoms with van der Waals surface area (Å²) in [6.07, 6.45) is 0. The normalized spacial score (nSPS) is 11.5. The highest BCUT2D eigenvalue weighted by Crippen LogP contribution is 2.25. The maximum atomic E-state index is 12.9. The number of thioether (sulfide) groups is 1. The van der Waals surface area contributed by atoms with Gasteiger partial charge in [-0.2, -0.15) is 0 Å². The summed E-state index contributed by atoms with van der Waals surface area (Å²) >= 11 is 1.12. The van der Waals surface area contributed by atoms with Crippen molar-refractivity contribution >= 4 is 34.4 Å². The highest BCUT2D eigenvalue weighted by Gasteiger charge is 2.22. The molecular weight excluding hydrogens is 430 g/mol. The molecule has 0 radical (unpaired) electrons. The maximum absolute atomic E-state index is 12.9. The standard InChI is InChI=1S/C22H27N5O4S/c1-10(2)8-27-19-17(21(30)26(7)22(27)31)20(25-14(6)24-19)32-9-15(29)18-11(3)16(13(5)28)12(4)23-18/h10,23H,8-9H2,1-7H3. The van der Waals surface area contributed by atoms with Gasteiger partial charge in [-0.05, 0) is 39.2 Å². The van der Waals surface area contributed by atoms with Crippen molar-refractivity contribution in [2.24, 2.45) is 13.0 Å². The van der Waals surface area contributed by atoms with Gasteiger partial charge in [0, 0.05) is 24.8 Å². The Bertz CT molecular complexity index is 1360. The van der Waals surface area contributed by atoms with E-state index in [-0.39, 0.29) is 34.3 Å². The summed E-state index contributed by atoms with van der Waals surface area (Å²) in [5.41, 5.74) is 1.51. The molecule has 10 heteroatoms. The van der Waals surface area contributed by atoms with Crippen molar-refractivity contribution in [3.05, 3.63) is 49.2 Å². The molecule has 3 aromatic rings. The van der Waals surface area contributed by atoms with Crippen LogP contribution in [0, 0.1) is 26.7 Å². The third-order valence-corrected chi connectivity index (χ3v) is 6.19. The molecule has 0 amide bonds. The second kappa shape index (κ2) is 8.85. The number of H-pyrrole nitrogens is 1. The summed E-state index contributed by atoms with van der Waals surface area (Å²) in [6.45, 7) is 11.0. The number of aryl methyl sites for hydroxylation is 2. The first-order chi connectivity index (χ1) is 14.9. The molecule has 0 aliphatic heterocycles. The second-order valence-corrected chi connectivity index (χ2v) is 9.28. The Morgan fingerprint density at radius 2 is 1.78 bits per heavy atom. The fourth-order valence-corrected chi connectivity index (χ4v) is 4.77. The van der Waals surface area contributed by atoms with Crippen LogP contribution in [0.25, 0.3) is 11.0 Å². The summed E-state index contributed by atoms with van der Waals surface area (Å²) in [6, 6.07) is 0. The molecule has 0 bridgehead atoms. The molecule has 0 spiro atoms. The van der Waals surface area contributed by atoms with Gasteiger partial charge in [0.1, 0.15) is 16.2 Å². The smallest absolute Gasteiger partial charge is 0.332 e. The van der Waals surface area contributed by atoms with Gasteiger partial charge < -0.3 is 4.98 Å². The van der Waals surface area contributed by atoms with Gasteiger partial charge in [-0.25, -0.2) is 14.8 Å². The van der Waals surface area contributed by atoms with Crippen molar-refractivity contribution in [1.82, 2.24) is 24.1 Å². The first-order valence-electron chi connectivity index (χ1n) is 10.3. The van der Waals surface area contributed by atoms with Crippen LogP contribution in [0.3, 0.4) is 0 Å². The van der Waals surface area contributed by atoms with Gasteiger partial charge in [0.15, 0.2) is 17.2 Å². The minimum absolute atomic E-state index is 0.0101. The lowest BCUT2D eigenvalue weighted by Crippen LogP contribution is -2.39. The predicted molar refractivity (Wildman–Crippen MR) is 124 cm³/mol. The molecule has 0 aliphatic carbocycles. The van der Waals surface area contributed by atoms with Gasteiger partial charge in [-0.1, -0.05) is 25.6 Å². The van der Waals surface area contributed by atoms with Crippen LogP contribution in [0.5, 0.6) is 0 Å². The average Bonchev–Trinajstić information content (AvgIpc) is 3.01. The summed E-state index contributed by atoms with van der Waals surface area (Å²) in [5.74, 6) is 0.266. The van der Waals surface area contributed by atoms with Crippen LogP contribution in [0.1, 0.15) is 58.7 Å². The lowest BCUT2D eigenvalue weighted by molar-refractivity contribution is 0.101. The topological polar surface area (TPSA) is 120 Å². The lowest BCUT2D eigenvalue weighted by atomic mass is 10.1. The molecule has 9 nitrogen and oxygen atoms in total. The van der Waals surface area contributed by atoms with Crippen LogP contribution in [-0.2, 0) is 13.6 Å². The summed E-state index contributed by atoms with van der Waals surface area (Å²) in [5, 5.41) is 0.576. The number of nitrogens with one attached hydrogen (secondary N) is 1. The largest absolute Gasteiger partial charge is 0.355 e. The molecule has 32 heavy (non-hydrogen) atoms. The van der Waals surface area contributed by atoms with E-state index in [1.54, 1.807) is 20.8 Å². The van der Waals surface area contributed by atoms with Crippen molar-refractivity contribution in [1.29, 1.82) is 0 Å². The molecular formula is C22H27N5O4S. The van der Waals surface area contributed by atoms with Crippen LogP contribution in [0.2, 0.25) is 0 Å². The van der Waals surface area contributed by atoms with Crippen molar-refractivity contribution in [3.63, 3.8) is 0 Å². The highest BCUT2D eigenvalue weighted by molar-refractivity contribution is 8.00. The zero-order valence-electron chi connectivity index (χ0n) is 19.3. The first kappa shape index (κ1) is 23.6. The third-order valence-electron chi connectivity index (χ3n) is 5.22. The number of rotatable bonds is 7. The average molecular weight is 458 g/mol. The zero-order chi connectivity index (χ0) is 23.9. The van der Waals surface area contributed by atoms with Crippen LogP contribution >= 0.6 is 11.8 Å². The molecule has 170 valence electrons. The van der Waals surface area contributed by atoms with Gasteiger partial charge in [-0.15, -0.1) is 0 Å². The Morgan fingerprint density at radius 3 is 2.34 bits per heavy atom. The molecule has 0 unspecified atom stereocenters. The summed E-state index contributed by atoms with van der Waals surface area (Å²) < 4.78 is 2.53. The first-order valence-corrected chi connectivity index (χ1v) is 11.3. The van der Waals surface area contributed by atoms with Crippen molar-refractivity contribution < 1.29 is 9.59 Å². The molecule has 3 aromatic heterocycles. The monoisotopic (exact) mass is 457 g/mol. The summed E-state index contributed by atoms with van der Waals surface area (Å²) in [4.78, 5) is 62.2. The maximum Gasteiger partial charge on any atom is 0.332 e. The predicted octanol–water partition coefficient (Wildman–Crippen LogP) is 2.58. The number of carbonyl (C=O) groups excluding carboxylic acids is 2. The van der Waals surface area contributed by atoms with E-state index in [1.165, 1.54) is 18.5 Å². The molecule has 0 saturated carbocycles. The number of ketones is 2. The zero-order valence-corrected chi connectivity index (χ0v) is 20.1. The molecule has 3 rings (SSSR count). The highest BCUT2D eigenvalue weighted by atomic mass is 32.2. The van der Waals surface area contributed by atoms with E-state index >= 15 is 0 Å². The van der Waals surface area contributed by atoms with Gasteiger partial charge in [-0.3, -0.25) is 23.5 Å². The van der Waals surface area contributed by atoms with Crippen molar-refractivity contribution in [2.45, 2.75) is 53.1 Å². The molecule has 0 fully saturated rings. The third kappa shape index (κ3) is 4.19. The fourth-order valence-electron chi connectivity index (χ4n) is 3.84. The second-order valence-electron chi connectivity index (χ2n) is 8.32. The minimum atomic E-state index is -0.495. The van der Waals surface area contributed by atoms with E-state index in [0.717, 1.165) is 16.3 Å². The van der Waals surface area contributed by atoms with E-state index in [1.807, 2.05) is 13.8 Å². The summed E-state index contributed by atoms with van der Waals surface area (Å²) in [7, 11) is 1.43. The Labute approximate surface area is 189 Å². The Hall–Kier alpha value is -3.01. The molecule has 0 aromatic carbocycles. The van der Waals surface area contributed by atoms with E-state index in [2.05, 4.69) is 15.0 Å². The lowest BCUT2D eigenvalue weighted by Gasteiger charge is -2.15. The van der Waals surface area contributed by atoms with Crippen LogP contribution < -0.4 is 11.2 Å². The number of fused-ring (bicyclic) bond motifs is 1. The molecule has 0 aliphatic rings. The number of aromatic amines is 1.